The minimum absolute atomic E-state index is 0.389. The number of rotatable bonds is 3. The van der Waals surface area contributed by atoms with Crippen LogP contribution in [-0.4, -0.2) is 17.5 Å². The molecule has 1 unspecified atom stereocenters. The predicted molar refractivity (Wildman–Crippen MR) is 43.7 cm³/mol. The Morgan fingerprint density at radius 2 is 2.22 bits per heavy atom. The maximum absolute atomic E-state index is 5.64. The van der Waals surface area contributed by atoms with Crippen molar-refractivity contribution in [2.24, 2.45) is 11.7 Å². The van der Waals surface area contributed by atoms with Gasteiger partial charge in [-0.25, -0.2) is 0 Å². The average Bonchev–Trinajstić information content (AvgIpc) is 2.68. The molecule has 0 saturated heterocycles. The Morgan fingerprint density at radius 1 is 1.67 bits per heavy atom. The highest BCUT2D eigenvalue weighted by atomic mass is 32.2. The number of hydrogen-bond acceptors (Lipinski definition) is 2. The minimum atomic E-state index is 0.389. The van der Waals surface area contributed by atoms with E-state index in [1.807, 2.05) is 11.8 Å². The molecular formula is C7H15NS. The van der Waals surface area contributed by atoms with Crippen LogP contribution in [0.4, 0.5) is 0 Å². The molecule has 2 N–H and O–H groups in total. The molecule has 54 valence electrons. The lowest BCUT2D eigenvalue weighted by Crippen LogP contribution is -2.32. The molecule has 0 heterocycles. The molecule has 1 aliphatic rings. The van der Waals surface area contributed by atoms with Crippen molar-refractivity contribution in [2.45, 2.75) is 24.5 Å². The molecule has 1 saturated carbocycles. The van der Waals surface area contributed by atoms with Crippen LogP contribution >= 0.6 is 11.8 Å². The van der Waals surface area contributed by atoms with Crippen LogP contribution in [0, 0.1) is 5.92 Å². The Balaban J connectivity index is 2.43. The van der Waals surface area contributed by atoms with Crippen molar-refractivity contribution in [3.63, 3.8) is 0 Å². The molecule has 1 nitrogen and oxygen atoms in total. The third-order valence-corrected chi connectivity index (χ3v) is 3.75. The van der Waals surface area contributed by atoms with Crippen LogP contribution in [0.2, 0.25) is 0 Å². The number of nitrogens with two attached hydrogens (primary N) is 1. The zero-order valence-corrected chi connectivity index (χ0v) is 7.00. The summed E-state index contributed by atoms with van der Waals surface area (Å²) in [6.45, 7) is 3.11. The first-order chi connectivity index (χ1) is 4.23. The second-order valence-electron chi connectivity index (χ2n) is 3.00. The smallest absolute Gasteiger partial charge is 0.0279 e. The average molecular weight is 145 g/mol. The Morgan fingerprint density at radius 3 is 2.33 bits per heavy atom. The van der Waals surface area contributed by atoms with Gasteiger partial charge in [0.1, 0.15) is 0 Å². The van der Waals surface area contributed by atoms with Gasteiger partial charge in [0.05, 0.1) is 0 Å². The topological polar surface area (TPSA) is 26.0 Å². The summed E-state index contributed by atoms with van der Waals surface area (Å²) in [5.41, 5.74) is 5.64. The molecule has 1 atom stereocenters. The van der Waals surface area contributed by atoms with E-state index < -0.39 is 0 Å². The summed E-state index contributed by atoms with van der Waals surface area (Å²) in [7, 11) is 0. The molecule has 0 bridgehead atoms. The van der Waals surface area contributed by atoms with Crippen LogP contribution in [-0.2, 0) is 0 Å². The second kappa shape index (κ2) is 2.51. The van der Waals surface area contributed by atoms with Crippen LogP contribution < -0.4 is 5.73 Å². The minimum Gasteiger partial charge on any atom is -0.329 e. The van der Waals surface area contributed by atoms with E-state index in [-0.39, 0.29) is 0 Å². The van der Waals surface area contributed by atoms with Crippen molar-refractivity contribution in [2.75, 3.05) is 12.8 Å². The lowest BCUT2D eigenvalue weighted by Gasteiger charge is -2.24. The van der Waals surface area contributed by atoms with Gasteiger partial charge in [-0.15, -0.1) is 0 Å². The van der Waals surface area contributed by atoms with Gasteiger partial charge in [-0.2, -0.15) is 11.8 Å². The molecule has 9 heavy (non-hydrogen) atoms. The van der Waals surface area contributed by atoms with E-state index >= 15 is 0 Å². The van der Waals surface area contributed by atoms with E-state index in [0.29, 0.717) is 4.75 Å². The maximum atomic E-state index is 5.64. The van der Waals surface area contributed by atoms with E-state index in [0.717, 1.165) is 12.5 Å². The SMILES string of the molecule is CSC(C)(CN)C1CC1. The van der Waals surface area contributed by atoms with Crippen molar-refractivity contribution < 1.29 is 0 Å². The lowest BCUT2D eigenvalue weighted by molar-refractivity contribution is 0.577. The van der Waals surface area contributed by atoms with Gasteiger partial charge in [0.15, 0.2) is 0 Å². The van der Waals surface area contributed by atoms with Gasteiger partial charge < -0.3 is 5.73 Å². The van der Waals surface area contributed by atoms with Crippen LogP contribution in [0.3, 0.4) is 0 Å². The van der Waals surface area contributed by atoms with Crippen molar-refractivity contribution in [3.05, 3.63) is 0 Å². The van der Waals surface area contributed by atoms with E-state index in [4.69, 9.17) is 5.73 Å². The lowest BCUT2D eigenvalue weighted by atomic mass is 10.1. The molecule has 0 aromatic rings. The fraction of sp³-hybridized carbons (Fsp3) is 1.00. The fourth-order valence-electron chi connectivity index (χ4n) is 1.11. The van der Waals surface area contributed by atoms with Gasteiger partial charge >= 0.3 is 0 Å². The monoisotopic (exact) mass is 145 g/mol. The number of thioether (sulfide) groups is 1. The van der Waals surface area contributed by atoms with Crippen molar-refractivity contribution in [1.29, 1.82) is 0 Å². The molecular weight excluding hydrogens is 130 g/mol. The first-order valence-corrected chi connectivity index (χ1v) is 4.70. The summed E-state index contributed by atoms with van der Waals surface area (Å²) >= 11 is 1.92. The van der Waals surface area contributed by atoms with Gasteiger partial charge in [0, 0.05) is 11.3 Å². The van der Waals surface area contributed by atoms with Crippen LogP contribution in [0.1, 0.15) is 19.8 Å². The second-order valence-corrected chi connectivity index (χ2v) is 4.34. The quantitative estimate of drug-likeness (QED) is 0.651. The maximum Gasteiger partial charge on any atom is 0.0279 e. The van der Waals surface area contributed by atoms with E-state index in [1.165, 1.54) is 12.8 Å². The highest BCUT2D eigenvalue weighted by molar-refractivity contribution is 8.00. The molecule has 0 radical (unpaired) electrons. The zero-order chi connectivity index (χ0) is 6.91. The van der Waals surface area contributed by atoms with Crippen LogP contribution in [0.5, 0.6) is 0 Å². The van der Waals surface area contributed by atoms with Gasteiger partial charge in [0.25, 0.3) is 0 Å². The molecule has 1 aliphatic carbocycles. The molecule has 1 rings (SSSR count). The van der Waals surface area contributed by atoms with Crippen LogP contribution in [0.15, 0.2) is 0 Å². The molecule has 2 heteroatoms. The van der Waals surface area contributed by atoms with Crippen molar-refractivity contribution in [1.82, 2.24) is 0 Å². The summed E-state index contributed by atoms with van der Waals surface area (Å²) in [6.07, 6.45) is 4.95. The molecule has 1 fully saturated rings. The van der Waals surface area contributed by atoms with Gasteiger partial charge in [-0.05, 0) is 31.9 Å². The molecule has 0 aromatic carbocycles. The Labute approximate surface area is 61.4 Å². The Hall–Kier alpha value is 0.310. The van der Waals surface area contributed by atoms with Gasteiger partial charge in [-0.3, -0.25) is 0 Å². The predicted octanol–water partition coefficient (Wildman–Crippen LogP) is 1.48. The molecule has 0 spiro atoms. The zero-order valence-electron chi connectivity index (χ0n) is 6.18. The van der Waals surface area contributed by atoms with Gasteiger partial charge in [0.2, 0.25) is 0 Å². The third kappa shape index (κ3) is 1.41. The van der Waals surface area contributed by atoms with E-state index in [1.54, 1.807) is 0 Å². The Kier molecular flexibility index (Phi) is 2.07. The fourth-order valence-corrected chi connectivity index (χ4v) is 1.85. The standard InChI is InChI=1S/C7H15NS/c1-7(5-8,9-2)6-3-4-6/h6H,3-5,8H2,1-2H3. The summed E-state index contributed by atoms with van der Waals surface area (Å²) in [4.78, 5) is 0. The highest BCUT2D eigenvalue weighted by Crippen LogP contribution is 2.45. The summed E-state index contributed by atoms with van der Waals surface area (Å²) in [5, 5.41) is 0. The third-order valence-electron chi connectivity index (χ3n) is 2.31. The summed E-state index contributed by atoms with van der Waals surface area (Å²) < 4.78 is 0.389. The van der Waals surface area contributed by atoms with E-state index in [2.05, 4.69) is 13.2 Å². The van der Waals surface area contributed by atoms with Gasteiger partial charge in [-0.1, -0.05) is 0 Å². The molecule has 0 amide bonds. The summed E-state index contributed by atoms with van der Waals surface area (Å²) in [5.74, 6) is 0.914. The highest BCUT2D eigenvalue weighted by Gasteiger charge is 2.39. The number of hydrogen-bond donors (Lipinski definition) is 1. The van der Waals surface area contributed by atoms with Crippen molar-refractivity contribution in [3.8, 4) is 0 Å². The van der Waals surface area contributed by atoms with Crippen LogP contribution in [0.25, 0.3) is 0 Å². The normalized spacial score (nSPS) is 25.7. The summed E-state index contributed by atoms with van der Waals surface area (Å²) in [6, 6.07) is 0. The molecule has 0 aromatic heterocycles. The van der Waals surface area contributed by atoms with E-state index in [9.17, 15) is 0 Å². The largest absolute Gasteiger partial charge is 0.329 e. The van der Waals surface area contributed by atoms with Crippen molar-refractivity contribution >= 4 is 11.8 Å². The first-order valence-electron chi connectivity index (χ1n) is 3.48. The Bertz CT molecular complexity index is 95.1. The molecule has 0 aliphatic heterocycles. The first kappa shape index (κ1) is 7.42.